The molecule has 1 atom stereocenters. The van der Waals surface area contributed by atoms with Crippen molar-refractivity contribution in [1.29, 1.82) is 0 Å². The molecule has 1 fully saturated rings. The molecule has 0 amide bonds. The zero-order chi connectivity index (χ0) is 11.1. The molecular weight excluding hydrogens is 190 g/mol. The second-order valence-electron chi connectivity index (χ2n) is 3.85. The van der Waals surface area contributed by atoms with E-state index < -0.39 is 0 Å². The van der Waals surface area contributed by atoms with Gasteiger partial charge in [0.2, 0.25) is 0 Å². The number of ether oxygens (including phenoxy) is 1. The molecule has 3 nitrogen and oxygen atoms in total. The molecule has 3 heteroatoms. The standard InChI is InChI=1S/C12H19NO2/c1-3-5-8-13-9-6-7-11(10-13)12(14)15-4-2/h1,11H,4-10H2,2H3. The fourth-order valence-corrected chi connectivity index (χ4v) is 1.93. The van der Waals surface area contributed by atoms with Gasteiger partial charge in [-0.25, -0.2) is 0 Å². The Kier molecular flexibility index (Phi) is 5.20. The van der Waals surface area contributed by atoms with Crippen molar-refractivity contribution in [2.24, 2.45) is 5.92 Å². The number of terminal acetylenes is 1. The lowest BCUT2D eigenvalue weighted by Gasteiger charge is -2.30. The first kappa shape index (κ1) is 12.1. The second kappa shape index (κ2) is 6.47. The lowest BCUT2D eigenvalue weighted by atomic mass is 9.98. The zero-order valence-electron chi connectivity index (χ0n) is 9.37. The number of esters is 1. The summed E-state index contributed by atoms with van der Waals surface area (Å²) in [6.07, 6.45) is 7.99. The quantitative estimate of drug-likeness (QED) is 0.516. The Morgan fingerprint density at radius 2 is 2.47 bits per heavy atom. The Balaban J connectivity index is 2.35. The van der Waals surface area contributed by atoms with Crippen LogP contribution in [0.3, 0.4) is 0 Å². The largest absolute Gasteiger partial charge is 0.466 e. The number of carbonyl (C=O) groups excluding carboxylic acids is 1. The summed E-state index contributed by atoms with van der Waals surface area (Å²) in [7, 11) is 0. The highest BCUT2D eigenvalue weighted by molar-refractivity contribution is 5.72. The molecule has 1 rings (SSSR count). The van der Waals surface area contributed by atoms with Crippen LogP contribution in [0.2, 0.25) is 0 Å². The third kappa shape index (κ3) is 3.93. The van der Waals surface area contributed by atoms with Crippen molar-refractivity contribution in [2.45, 2.75) is 26.2 Å². The number of carbonyl (C=O) groups is 1. The van der Waals surface area contributed by atoms with Crippen LogP contribution >= 0.6 is 0 Å². The van der Waals surface area contributed by atoms with Crippen molar-refractivity contribution >= 4 is 5.97 Å². The maximum Gasteiger partial charge on any atom is 0.310 e. The van der Waals surface area contributed by atoms with Gasteiger partial charge in [-0.05, 0) is 26.3 Å². The van der Waals surface area contributed by atoms with Gasteiger partial charge in [0.15, 0.2) is 0 Å². The van der Waals surface area contributed by atoms with Crippen LogP contribution in [-0.4, -0.2) is 37.1 Å². The molecule has 1 aliphatic heterocycles. The topological polar surface area (TPSA) is 29.5 Å². The zero-order valence-corrected chi connectivity index (χ0v) is 9.37. The highest BCUT2D eigenvalue weighted by Crippen LogP contribution is 2.17. The van der Waals surface area contributed by atoms with E-state index >= 15 is 0 Å². The minimum Gasteiger partial charge on any atom is -0.466 e. The summed E-state index contributed by atoms with van der Waals surface area (Å²) in [6, 6.07) is 0. The summed E-state index contributed by atoms with van der Waals surface area (Å²) in [4.78, 5) is 13.8. The molecule has 1 unspecified atom stereocenters. The minimum atomic E-state index is -0.0529. The number of likely N-dealkylation sites (tertiary alicyclic amines) is 1. The predicted molar refractivity (Wildman–Crippen MR) is 59.2 cm³/mol. The number of nitrogens with zero attached hydrogens (tertiary/aromatic N) is 1. The first-order chi connectivity index (χ1) is 7.27. The molecule has 0 radical (unpaired) electrons. The molecule has 84 valence electrons. The fourth-order valence-electron chi connectivity index (χ4n) is 1.93. The summed E-state index contributed by atoms with van der Waals surface area (Å²) in [5, 5.41) is 0. The predicted octanol–water partition coefficient (Wildman–Crippen LogP) is 1.28. The summed E-state index contributed by atoms with van der Waals surface area (Å²) < 4.78 is 5.03. The van der Waals surface area contributed by atoms with E-state index in [9.17, 15) is 4.79 Å². The smallest absolute Gasteiger partial charge is 0.310 e. The number of rotatable bonds is 4. The van der Waals surface area contributed by atoms with Gasteiger partial charge in [-0.3, -0.25) is 4.79 Å². The van der Waals surface area contributed by atoms with Gasteiger partial charge in [0.25, 0.3) is 0 Å². The first-order valence-electron chi connectivity index (χ1n) is 5.60. The summed E-state index contributed by atoms with van der Waals surface area (Å²) >= 11 is 0. The van der Waals surface area contributed by atoms with E-state index in [0.29, 0.717) is 6.61 Å². The summed E-state index contributed by atoms with van der Waals surface area (Å²) in [5.74, 6) is 2.63. The van der Waals surface area contributed by atoms with E-state index in [4.69, 9.17) is 11.2 Å². The van der Waals surface area contributed by atoms with Gasteiger partial charge >= 0.3 is 5.97 Å². The monoisotopic (exact) mass is 209 g/mol. The van der Waals surface area contributed by atoms with E-state index in [1.54, 1.807) is 0 Å². The van der Waals surface area contributed by atoms with E-state index in [1.807, 2.05) is 6.92 Å². The molecule has 0 aromatic heterocycles. The molecule has 1 heterocycles. The third-order valence-electron chi connectivity index (χ3n) is 2.70. The maximum absolute atomic E-state index is 11.5. The molecule has 15 heavy (non-hydrogen) atoms. The van der Waals surface area contributed by atoms with Crippen LogP contribution in [0.4, 0.5) is 0 Å². The molecule has 0 bridgehead atoms. The van der Waals surface area contributed by atoms with Crippen LogP contribution in [0.15, 0.2) is 0 Å². The molecule has 0 saturated carbocycles. The van der Waals surface area contributed by atoms with Crippen LogP contribution < -0.4 is 0 Å². The van der Waals surface area contributed by atoms with Crippen molar-refractivity contribution < 1.29 is 9.53 Å². The van der Waals surface area contributed by atoms with Gasteiger partial charge in [-0.2, -0.15) is 0 Å². The Morgan fingerprint density at radius 1 is 1.67 bits per heavy atom. The van der Waals surface area contributed by atoms with Crippen LogP contribution in [0.25, 0.3) is 0 Å². The van der Waals surface area contributed by atoms with Crippen LogP contribution in [0.1, 0.15) is 26.2 Å². The molecule has 0 spiro atoms. The number of hydrogen-bond donors (Lipinski definition) is 0. The van der Waals surface area contributed by atoms with Crippen molar-refractivity contribution in [3.8, 4) is 12.3 Å². The molecule has 0 aliphatic carbocycles. The van der Waals surface area contributed by atoms with Gasteiger partial charge in [0, 0.05) is 19.5 Å². The van der Waals surface area contributed by atoms with Gasteiger partial charge in [0.1, 0.15) is 0 Å². The molecule has 0 aromatic rings. The molecule has 1 saturated heterocycles. The first-order valence-corrected chi connectivity index (χ1v) is 5.60. The van der Waals surface area contributed by atoms with Crippen LogP contribution in [0, 0.1) is 18.3 Å². The highest BCUT2D eigenvalue weighted by Gasteiger charge is 2.26. The molecule has 0 N–H and O–H groups in total. The van der Waals surface area contributed by atoms with Crippen molar-refractivity contribution in [2.75, 3.05) is 26.2 Å². The van der Waals surface area contributed by atoms with Gasteiger partial charge in [-0.15, -0.1) is 12.3 Å². The lowest BCUT2D eigenvalue weighted by molar-refractivity contribution is -0.149. The van der Waals surface area contributed by atoms with Gasteiger partial charge in [-0.1, -0.05) is 0 Å². The maximum atomic E-state index is 11.5. The van der Waals surface area contributed by atoms with E-state index in [2.05, 4.69) is 10.8 Å². The van der Waals surface area contributed by atoms with E-state index in [-0.39, 0.29) is 11.9 Å². The van der Waals surface area contributed by atoms with E-state index in [0.717, 1.165) is 38.9 Å². The normalized spacial score (nSPS) is 22.0. The highest BCUT2D eigenvalue weighted by atomic mass is 16.5. The molecule has 0 aromatic carbocycles. The van der Waals surface area contributed by atoms with Gasteiger partial charge in [0.05, 0.1) is 12.5 Å². The van der Waals surface area contributed by atoms with Gasteiger partial charge < -0.3 is 9.64 Å². The van der Waals surface area contributed by atoms with E-state index in [1.165, 1.54) is 0 Å². The Hall–Kier alpha value is -1.01. The fraction of sp³-hybridized carbons (Fsp3) is 0.750. The Morgan fingerprint density at radius 3 is 3.13 bits per heavy atom. The van der Waals surface area contributed by atoms with Crippen molar-refractivity contribution in [3.05, 3.63) is 0 Å². The molecular formula is C12H19NO2. The summed E-state index contributed by atoms with van der Waals surface area (Å²) in [6.45, 7) is 5.07. The van der Waals surface area contributed by atoms with Crippen molar-refractivity contribution in [1.82, 2.24) is 4.90 Å². The number of piperidine rings is 1. The Labute approximate surface area is 91.8 Å². The van der Waals surface area contributed by atoms with Crippen molar-refractivity contribution in [3.63, 3.8) is 0 Å². The SMILES string of the molecule is C#CCCN1CCCC(C(=O)OCC)C1. The minimum absolute atomic E-state index is 0.0523. The third-order valence-corrected chi connectivity index (χ3v) is 2.70. The average Bonchev–Trinajstić information content (AvgIpc) is 2.27. The number of hydrogen-bond acceptors (Lipinski definition) is 3. The summed E-state index contributed by atoms with van der Waals surface area (Å²) in [5.41, 5.74) is 0. The lowest BCUT2D eigenvalue weighted by Crippen LogP contribution is -2.39. The van der Waals surface area contributed by atoms with Crippen LogP contribution in [-0.2, 0) is 9.53 Å². The molecule has 1 aliphatic rings. The second-order valence-corrected chi connectivity index (χ2v) is 3.85. The average molecular weight is 209 g/mol. The van der Waals surface area contributed by atoms with Crippen LogP contribution in [0.5, 0.6) is 0 Å². The Bertz CT molecular complexity index is 244.